The summed E-state index contributed by atoms with van der Waals surface area (Å²) in [6.45, 7) is 0. The van der Waals surface area contributed by atoms with Crippen LogP contribution in [0.1, 0.15) is 0 Å². The van der Waals surface area contributed by atoms with E-state index in [-0.39, 0.29) is 5.69 Å². The predicted molar refractivity (Wildman–Crippen MR) is 75.8 cm³/mol. The van der Waals surface area contributed by atoms with Crippen LogP contribution in [0.15, 0.2) is 48.8 Å². The van der Waals surface area contributed by atoms with Crippen LogP contribution in [0.25, 0.3) is 10.8 Å². The van der Waals surface area contributed by atoms with Crippen molar-refractivity contribution in [3.8, 4) is 0 Å². The minimum atomic E-state index is -0.523. The van der Waals surface area contributed by atoms with E-state index in [0.29, 0.717) is 11.4 Å². The van der Waals surface area contributed by atoms with Gasteiger partial charge in [-0.2, -0.15) is 0 Å². The number of nitrogen functional groups attached to an aromatic ring is 1. The number of nitrogens with two attached hydrogens (primary N) is 1. The number of benzene rings is 2. The van der Waals surface area contributed by atoms with E-state index in [2.05, 4.69) is 10.3 Å². The predicted octanol–water partition coefficient (Wildman–Crippen LogP) is 3.84. The van der Waals surface area contributed by atoms with Crippen molar-refractivity contribution in [3.63, 3.8) is 0 Å². The number of pyridine rings is 1. The van der Waals surface area contributed by atoms with E-state index in [4.69, 9.17) is 5.73 Å². The lowest BCUT2D eigenvalue weighted by atomic mass is 10.1. The zero-order valence-electron chi connectivity index (χ0n) is 10.4. The smallest absolute Gasteiger partial charge is 0.146 e. The lowest BCUT2D eigenvalue weighted by molar-refractivity contribution is 0.603. The molecule has 0 aliphatic heterocycles. The van der Waals surface area contributed by atoms with Crippen LogP contribution in [-0.4, -0.2) is 4.98 Å². The van der Waals surface area contributed by atoms with E-state index >= 15 is 0 Å². The summed E-state index contributed by atoms with van der Waals surface area (Å²) in [6.07, 6.45) is 3.26. The molecule has 0 atom stereocenters. The van der Waals surface area contributed by atoms with Crippen LogP contribution in [0.2, 0.25) is 0 Å². The number of halogens is 2. The fourth-order valence-corrected chi connectivity index (χ4v) is 2.06. The Bertz CT molecular complexity index is 787. The number of aromatic nitrogens is 1. The zero-order valence-corrected chi connectivity index (χ0v) is 10.4. The van der Waals surface area contributed by atoms with Gasteiger partial charge in [-0.3, -0.25) is 4.98 Å². The number of hydrogen-bond donors (Lipinski definition) is 2. The Hall–Kier alpha value is -2.69. The van der Waals surface area contributed by atoms with E-state index < -0.39 is 11.6 Å². The van der Waals surface area contributed by atoms with Crippen LogP contribution in [0.4, 0.5) is 25.8 Å². The Morgan fingerprint density at radius 3 is 2.65 bits per heavy atom. The summed E-state index contributed by atoms with van der Waals surface area (Å²) in [7, 11) is 0. The van der Waals surface area contributed by atoms with E-state index in [9.17, 15) is 8.78 Å². The largest absolute Gasteiger partial charge is 0.398 e. The Kier molecular flexibility index (Phi) is 2.95. The summed E-state index contributed by atoms with van der Waals surface area (Å²) < 4.78 is 26.9. The summed E-state index contributed by atoms with van der Waals surface area (Å²) in [6, 6.07) is 8.46. The number of hydrogen-bond acceptors (Lipinski definition) is 3. The number of fused-ring (bicyclic) bond motifs is 1. The third-order valence-electron chi connectivity index (χ3n) is 3.05. The Morgan fingerprint density at radius 2 is 1.80 bits per heavy atom. The highest BCUT2D eigenvalue weighted by molar-refractivity contribution is 6.01. The fraction of sp³-hybridized carbons (Fsp3) is 0. The van der Waals surface area contributed by atoms with E-state index in [1.807, 2.05) is 0 Å². The first-order chi connectivity index (χ1) is 9.65. The fourth-order valence-electron chi connectivity index (χ4n) is 2.06. The molecule has 0 amide bonds. The standard InChI is InChI=1S/C15H11F2N3/c16-9-1-2-12(17)15(7-9)20-14-4-3-13(18)11-8-19-6-5-10(11)14/h1-8,20H,18H2. The maximum Gasteiger partial charge on any atom is 0.146 e. The van der Waals surface area contributed by atoms with Gasteiger partial charge in [-0.05, 0) is 30.3 Å². The molecule has 3 aromatic rings. The van der Waals surface area contributed by atoms with Crippen molar-refractivity contribution in [1.29, 1.82) is 0 Å². The molecule has 0 aliphatic rings. The topological polar surface area (TPSA) is 50.9 Å². The molecule has 0 radical (unpaired) electrons. The summed E-state index contributed by atoms with van der Waals surface area (Å²) in [4.78, 5) is 4.01. The van der Waals surface area contributed by atoms with Crippen molar-refractivity contribution >= 4 is 27.8 Å². The number of nitrogens with zero attached hydrogens (tertiary/aromatic N) is 1. The van der Waals surface area contributed by atoms with Crippen molar-refractivity contribution in [3.05, 3.63) is 60.4 Å². The molecular formula is C15H11F2N3. The molecule has 1 aromatic heterocycles. The van der Waals surface area contributed by atoms with Gasteiger partial charge in [0.1, 0.15) is 11.6 Å². The van der Waals surface area contributed by atoms with Gasteiger partial charge < -0.3 is 11.1 Å². The van der Waals surface area contributed by atoms with Crippen molar-refractivity contribution in [2.45, 2.75) is 0 Å². The lowest BCUT2D eigenvalue weighted by Gasteiger charge is -2.11. The van der Waals surface area contributed by atoms with Crippen LogP contribution in [0.3, 0.4) is 0 Å². The van der Waals surface area contributed by atoms with Crippen molar-refractivity contribution in [2.24, 2.45) is 0 Å². The van der Waals surface area contributed by atoms with Gasteiger partial charge in [0.15, 0.2) is 0 Å². The highest BCUT2D eigenvalue weighted by Crippen LogP contribution is 2.30. The third kappa shape index (κ3) is 2.14. The second-order valence-corrected chi connectivity index (χ2v) is 4.37. The summed E-state index contributed by atoms with van der Waals surface area (Å²) in [5, 5.41) is 4.44. The normalized spacial score (nSPS) is 10.7. The quantitative estimate of drug-likeness (QED) is 0.696. The SMILES string of the molecule is Nc1ccc(Nc2cc(F)ccc2F)c2ccncc12. The molecule has 0 aliphatic carbocycles. The zero-order chi connectivity index (χ0) is 14.1. The number of rotatable bonds is 2. The molecule has 3 nitrogen and oxygen atoms in total. The molecule has 0 saturated heterocycles. The van der Waals surface area contributed by atoms with Gasteiger partial charge in [0.2, 0.25) is 0 Å². The van der Waals surface area contributed by atoms with Crippen LogP contribution in [0.5, 0.6) is 0 Å². The van der Waals surface area contributed by atoms with Gasteiger partial charge in [0.05, 0.1) is 5.69 Å². The van der Waals surface area contributed by atoms with Crippen LogP contribution < -0.4 is 11.1 Å². The van der Waals surface area contributed by atoms with Crippen LogP contribution in [0, 0.1) is 11.6 Å². The maximum atomic E-state index is 13.7. The second kappa shape index (κ2) is 4.77. The first-order valence-electron chi connectivity index (χ1n) is 5.99. The molecule has 3 rings (SSSR count). The number of nitrogens with one attached hydrogen (secondary N) is 1. The van der Waals surface area contributed by atoms with Gasteiger partial charge >= 0.3 is 0 Å². The summed E-state index contributed by atoms with van der Waals surface area (Å²) in [5.74, 6) is -1.03. The Labute approximate surface area is 114 Å². The molecule has 3 N–H and O–H groups in total. The van der Waals surface area contributed by atoms with Crippen molar-refractivity contribution in [2.75, 3.05) is 11.1 Å². The number of anilines is 3. The average molecular weight is 271 g/mol. The van der Waals surface area contributed by atoms with Gasteiger partial charge in [0.25, 0.3) is 0 Å². The van der Waals surface area contributed by atoms with E-state index in [1.165, 1.54) is 0 Å². The first kappa shape index (κ1) is 12.3. The first-order valence-corrected chi connectivity index (χ1v) is 5.99. The molecule has 0 fully saturated rings. The molecule has 0 bridgehead atoms. The molecule has 0 saturated carbocycles. The minimum absolute atomic E-state index is 0.0767. The van der Waals surface area contributed by atoms with E-state index in [0.717, 1.165) is 29.0 Å². The highest BCUT2D eigenvalue weighted by atomic mass is 19.1. The Morgan fingerprint density at radius 1 is 0.950 bits per heavy atom. The molecule has 0 spiro atoms. The molecule has 2 aromatic carbocycles. The van der Waals surface area contributed by atoms with Crippen molar-refractivity contribution < 1.29 is 8.78 Å². The van der Waals surface area contributed by atoms with E-state index in [1.54, 1.807) is 30.6 Å². The molecule has 100 valence electrons. The maximum absolute atomic E-state index is 13.7. The monoisotopic (exact) mass is 271 g/mol. The summed E-state index contributed by atoms with van der Waals surface area (Å²) in [5.41, 5.74) is 7.17. The molecule has 0 unspecified atom stereocenters. The summed E-state index contributed by atoms with van der Waals surface area (Å²) >= 11 is 0. The lowest BCUT2D eigenvalue weighted by Crippen LogP contribution is -1.97. The van der Waals surface area contributed by atoms with Crippen LogP contribution >= 0.6 is 0 Å². The average Bonchev–Trinajstić information content (AvgIpc) is 2.46. The van der Waals surface area contributed by atoms with Gasteiger partial charge in [0, 0.05) is 40.6 Å². The Balaban J connectivity index is 2.11. The third-order valence-corrected chi connectivity index (χ3v) is 3.05. The van der Waals surface area contributed by atoms with Crippen molar-refractivity contribution in [1.82, 2.24) is 4.98 Å². The van der Waals surface area contributed by atoms with Gasteiger partial charge in [-0.1, -0.05) is 0 Å². The second-order valence-electron chi connectivity index (χ2n) is 4.37. The minimum Gasteiger partial charge on any atom is -0.398 e. The van der Waals surface area contributed by atoms with Crippen LogP contribution in [-0.2, 0) is 0 Å². The highest BCUT2D eigenvalue weighted by Gasteiger charge is 2.08. The van der Waals surface area contributed by atoms with Gasteiger partial charge in [-0.25, -0.2) is 8.78 Å². The molecule has 5 heteroatoms. The van der Waals surface area contributed by atoms with Gasteiger partial charge in [-0.15, -0.1) is 0 Å². The molecule has 20 heavy (non-hydrogen) atoms. The molecule has 1 heterocycles. The molecular weight excluding hydrogens is 260 g/mol.